The molecule has 4 nitrogen and oxygen atoms in total. The van der Waals surface area contributed by atoms with Gasteiger partial charge in [0.2, 0.25) is 0 Å². The molecule has 0 N–H and O–H groups in total. The van der Waals surface area contributed by atoms with Gasteiger partial charge in [0.15, 0.2) is 0 Å². The first kappa shape index (κ1) is 17.1. The lowest BCUT2D eigenvalue weighted by atomic mass is 9.98. The first-order chi connectivity index (χ1) is 14.2. The Hall–Kier alpha value is -4.05. The molecule has 0 bridgehead atoms. The van der Waals surface area contributed by atoms with E-state index in [0.29, 0.717) is 0 Å². The summed E-state index contributed by atoms with van der Waals surface area (Å²) in [7, 11) is 0. The minimum Gasteiger partial charge on any atom is -0.258 e. The van der Waals surface area contributed by atoms with E-state index in [1.54, 1.807) is 12.1 Å². The third kappa shape index (κ3) is 3.01. The highest BCUT2D eigenvalue weighted by atomic mass is 16.6. The van der Waals surface area contributed by atoms with Gasteiger partial charge < -0.3 is 0 Å². The van der Waals surface area contributed by atoms with Crippen molar-refractivity contribution >= 4 is 50.4 Å². The van der Waals surface area contributed by atoms with Gasteiger partial charge in [0.1, 0.15) is 0 Å². The Morgan fingerprint density at radius 1 is 0.759 bits per heavy atom. The van der Waals surface area contributed by atoms with Crippen LogP contribution >= 0.6 is 0 Å². The standard InChI is InChI=1S/C25H16N2O2/c28-27(29)19-8-5-6-17(16-19)12-14-21-22-10-3-4-11-24(22)26-25-20-9-2-1-7-18(20)13-15-23(21)25/h1-16H. The summed E-state index contributed by atoms with van der Waals surface area (Å²) in [5.74, 6) is 0. The fourth-order valence-corrected chi connectivity index (χ4v) is 3.76. The lowest BCUT2D eigenvalue weighted by Gasteiger charge is -2.10. The number of rotatable bonds is 3. The van der Waals surface area contributed by atoms with Crippen LogP contribution < -0.4 is 0 Å². The topological polar surface area (TPSA) is 56.0 Å². The summed E-state index contributed by atoms with van der Waals surface area (Å²) >= 11 is 0. The second kappa shape index (κ2) is 6.84. The van der Waals surface area contributed by atoms with Crippen LogP contribution in [0.4, 0.5) is 5.69 Å². The van der Waals surface area contributed by atoms with Gasteiger partial charge in [-0.15, -0.1) is 0 Å². The third-order valence-corrected chi connectivity index (χ3v) is 5.14. The van der Waals surface area contributed by atoms with E-state index < -0.39 is 0 Å². The molecule has 0 aliphatic heterocycles. The van der Waals surface area contributed by atoms with Crippen molar-refractivity contribution < 1.29 is 4.92 Å². The fraction of sp³-hybridized carbons (Fsp3) is 0. The second-order valence-corrected chi connectivity index (χ2v) is 6.91. The average molecular weight is 376 g/mol. The van der Waals surface area contributed by atoms with Crippen molar-refractivity contribution in [2.45, 2.75) is 0 Å². The Morgan fingerprint density at radius 2 is 1.55 bits per heavy atom. The molecule has 138 valence electrons. The summed E-state index contributed by atoms with van der Waals surface area (Å²) < 4.78 is 0. The Balaban J connectivity index is 1.78. The maximum atomic E-state index is 11.1. The summed E-state index contributed by atoms with van der Waals surface area (Å²) in [6, 6.07) is 27.2. The number of aromatic nitrogens is 1. The number of nitro groups is 1. The van der Waals surface area contributed by atoms with Crippen molar-refractivity contribution in [1.82, 2.24) is 4.98 Å². The van der Waals surface area contributed by atoms with Crippen LogP contribution in [0.1, 0.15) is 11.1 Å². The van der Waals surface area contributed by atoms with E-state index in [4.69, 9.17) is 4.98 Å². The normalized spacial score (nSPS) is 11.6. The number of pyridine rings is 1. The van der Waals surface area contributed by atoms with Crippen LogP contribution in [0.15, 0.2) is 84.9 Å². The predicted octanol–water partition coefficient (Wildman–Crippen LogP) is 6.62. The van der Waals surface area contributed by atoms with E-state index in [9.17, 15) is 10.1 Å². The van der Waals surface area contributed by atoms with E-state index in [2.05, 4.69) is 30.3 Å². The molecule has 0 saturated carbocycles. The highest BCUT2D eigenvalue weighted by molar-refractivity contribution is 6.13. The molecule has 4 heteroatoms. The number of fused-ring (bicyclic) bond motifs is 4. The molecular formula is C25H16N2O2. The van der Waals surface area contributed by atoms with Crippen LogP contribution in [0.25, 0.3) is 44.7 Å². The monoisotopic (exact) mass is 376 g/mol. The average Bonchev–Trinajstić information content (AvgIpc) is 2.76. The van der Waals surface area contributed by atoms with Gasteiger partial charge in [0.05, 0.1) is 16.0 Å². The molecule has 0 radical (unpaired) electrons. The van der Waals surface area contributed by atoms with Gasteiger partial charge in [-0.05, 0) is 22.6 Å². The van der Waals surface area contributed by atoms with E-state index in [1.807, 2.05) is 48.6 Å². The molecule has 0 fully saturated rings. The number of hydrogen-bond donors (Lipinski definition) is 0. The molecule has 0 amide bonds. The number of nitro benzene ring substituents is 1. The van der Waals surface area contributed by atoms with Crippen molar-refractivity contribution in [3.05, 3.63) is 106 Å². The number of nitrogens with zero attached hydrogens (tertiary/aromatic N) is 2. The van der Waals surface area contributed by atoms with Crippen LogP contribution in [0.2, 0.25) is 0 Å². The molecule has 29 heavy (non-hydrogen) atoms. The molecule has 5 rings (SSSR count). The zero-order valence-corrected chi connectivity index (χ0v) is 15.4. The van der Waals surface area contributed by atoms with E-state index in [1.165, 1.54) is 6.07 Å². The highest BCUT2D eigenvalue weighted by Gasteiger charge is 2.10. The van der Waals surface area contributed by atoms with Crippen LogP contribution in [-0.4, -0.2) is 9.91 Å². The highest BCUT2D eigenvalue weighted by Crippen LogP contribution is 2.32. The van der Waals surface area contributed by atoms with Crippen LogP contribution in [-0.2, 0) is 0 Å². The Morgan fingerprint density at radius 3 is 2.41 bits per heavy atom. The largest absolute Gasteiger partial charge is 0.270 e. The molecular weight excluding hydrogens is 360 g/mol. The summed E-state index contributed by atoms with van der Waals surface area (Å²) in [6.07, 6.45) is 3.95. The zero-order chi connectivity index (χ0) is 19.8. The molecule has 1 aromatic heterocycles. The lowest BCUT2D eigenvalue weighted by molar-refractivity contribution is -0.384. The van der Waals surface area contributed by atoms with E-state index >= 15 is 0 Å². The van der Waals surface area contributed by atoms with Gasteiger partial charge in [0, 0.05) is 28.3 Å². The van der Waals surface area contributed by atoms with E-state index in [0.717, 1.165) is 43.7 Å². The van der Waals surface area contributed by atoms with Gasteiger partial charge in [-0.2, -0.15) is 0 Å². The molecule has 5 aromatic rings. The summed E-state index contributed by atoms with van der Waals surface area (Å²) in [6.45, 7) is 0. The fourth-order valence-electron chi connectivity index (χ4n) is 3.76. The second-order valence-electron chi connectivity index (χ2n) is 6.91. The van der Waals surface area contributed by atoms with Crippen molar-refractivity contribution in [2.24, 2.45) is 0 Å². The van der Waals surface area contributed by atoms with Gasteiger partial charge in [-0.25, -0.2) is 4.98 Å². The quantitative estimate of drug-likeness (QED) is 0.154. The minimum absolute atomic E-state index is 0.0857. The third-order valence-electron chi connectivity index (χ3n) is 5.14. The molecule has 0 atom stereocenters. The van der Waals surface area contributed by atoms with Crippen molar-refractivity contribution in [1.29, 1.82) is 0 Å². The summed E-state index contributed by atoms with van der Waals surface area (Å²) in [5, 5.41) is 15.4. The molecule has 4 aromatic carbocycles. The lowest BCUT2D eigenvalue weighted by Crippen LogP contribution is -1.90. The zero-order valence-electron chi connectivity index (χ0n) is 15.4. The molecule has 1 heterocycles. The van der Waals surface area contributed by atoms with Crippen molar-refractivity contribution in [2.75, 3.05) is 0 Å². The van der Waals surface area contributed by atoms with Gasteiger partial charge in [-0.3, -0.25) is 10.1 Å². The summed E-state index contributed by atoms with van der Waals surface area (Å²) in [4.78, 5) is 15.6. The first-order valence-electron chi connectivity index (χ1n) is 9.33. The maximum Gasteiger partial charge on any atom is 0.270 e. The molecule has 0 spiro atoms. The van der Waals surface area contributed by atoms with Gasteiger partial charge in [0.25, 0.3) is 5.69 Å². The van der Waals surface area contributed by atoms with Crippen molar-refractivity contribution in [3.63, 3.8) is 0 Å². The summed E-state index contributed by atoms with van der Waals surface area (Å²) in [5.41, 5.74) is 3.81. The van der Waals surface area contributed by atoms with Crippen molar-refractivity contribution in [3.8, 4) is 0 Å². The number of non-ortho nitro benzene ring substituents is 1. The Kier molecular flexibility index (Phi) is 4.03. The van der Waals surface area contributed by atoms with Gasteiger partial charge in [-0.1, -0.05) is 78.9 Å². The number of para-hydroxylation sites is 1. The van der Waals surface area contributed by atoms with Gasteiger partial charge >= 0.3 is 0 Å². The Labute approximate surface area is 166 Å². The molecule has 0 aliphatic rings. The first-order valence-corrected chi connectivity index (χ1v) is 9.33. The number of hydrogen-bond acceptors (Lipinski definition) is 3. The maximum absolute atomic E-state index is 11.1. The van der Waals surface area contributed by atoms with E-state index in [-0.39, 0.29) is 10.6 Å². The SMILES string of the molecule is O=[N+]([O-])c1cccc(C=Cc2c3ccccc3nc3c2ccc2ccccc23)c1. The minimum atomic E-state index is -0.374. The van der Waals surface area contributed by atoms with Crippen LogP contribution in [0.3, 0.4) is 0 Å². The predicted molar refractivity (Wildman–Crippen MR) is 119 cm³/mol. The molecule has 0 aliphatic carbocycles. The number of benzene rings is 4. The van der Waals surface area contributed by atoms with Crippen LogP contribution in [0.5, 0.6) is 0 Å². The molecule has 0 unspecified atom stereocenters. The van der Waals surface area contributed by atoms with Crippen LogP contribution in [0, 0.1) is 10.1 Å². The molecule has 0 saturated heterocycles. The smallest absolute Gasteiger partial charge is 0.258 e. The Bertz CT molecular complexity index is 1440.